The molecule has 0 saturated carbocycles. The molecule has 1 fully saturated rings. The number of amides is 1. The Morgan fingerprint density at radius 2 is 1.74 bits per heavy atom. The molecule has 1 amide bonds. The van der Waals surface area contributed by atoms with Crippen molar-refractivity contribution in [2.75, 3.05) is 6.54 Å². The van der Waals surface area contributed by atoms with Crippen molar-refractivity contribution in [1.82, 2.24) is 4.90 Å². The number of unbranched alkanes of at least 4 members (excludes halogenated alkanes) is 2. The van der Waals surface area contributed by atoms with Gasteiger partial charge in [0.05, 0.1) is 6.10 Å². The maximum Gasteiger partial charge on any atom is 0.303 e. The van der Waals surface area contributed by atoms with Gasteiger partial charge >= 0.3 is 5.97 Å². The molecule has 0 spiro atoms. The molecule has 1 aromatic carbocycles. The lowest BCUT2D eigenvalue weighted by molar-refractivity contribution is -0.139. The summed E-state index contributed by atoms with van der Waals surface area (Å²) in [6.07, 6.45) is 8.59. The second kappa shape index (κ2) is 14.5. The Bertz CT molecular complexity index is 745. The number of rotatable bonds is 15. The van der Waals surface area contributed by atoms with E-state index in [1.807, 2.05) is 0 Å². The highest BCUT2D eigenvalue weighted by molar-refractivity contribution is 5.77. The third-order valence-corrected chi connectivity index (χ3v) is 7.44. The molecule has 1 heterocycles. The lowest BCUT2D eigenvalue weighted by Crippen LogP contribution is -2.48. The van der Waals surface area contributed by atoms with Gasteiger partial charge in [0.25, 0.3) is 0 Å². The fraction of sp³-hybridized carbons (Fsp3) is 0.724. The van der Waals surface area contributed by atoms with Crippen molar-refractivity contribution >= 4 is 11.9 Å². The summed E-state index contributed by atoms with van der Waals surface area (Å²) in [6, 6.07) is 8.84. The molecular weight excluding hydrogens is 426 g/mol. The Labute approximate surface area is 206 Å². The number of aliphatic hydroxyl groups excluding tert-OH is 1. The molecule has 1 unspecified atom stereocenters. The number of carboxylic acid groups (broad SMARTS) is 1. The summed E-state index contributed by atoms with van der Waals surface area (Å²) in [5, 5.41) is 19.4. The minimum Gasteiger partial charge on any atom is -0.481 e. The molecule has 4 atom stereocenters. The van der Waals surface area contributed by atoms with Gasteiger partial charge in [0.2, 0.25) is 5.91 Å². The zero-order valence-electron chi connectivity index (χ0n) is 21.8. The molecule has 2 rings (SSSR count). The van der Waals surface area contributed by atoms with Gasteiger partial charge in [-0.15, -0.1) is 0 Å². The number of carboxylic acids is 1. The topological polar surface area (TPSA) is 77.8 Å². The van der Waals surface area contributed by atoms with E-state index in [4.69, 9.17) is 5.11 Å². The third-order valence-electron chi connectivity index (χ3n) is 7.44. The number of carbonyl (C=O) groups is 2. The molecule has 34 heavy (non-hydrogen) atoms. The lowest BCUT2D eigenvalue weighted by Gasteiger charge is -2.41. The minimum absolute atomic E-state index is 0.244. The highest BCUT2D eigenvalue weighted by Gasteiger charge is 2.32. The van der Waals surface area contributed by atoms with Crippen LogP contribution in [0, 0.1) is 11.8 Å². The van der Waals surface area contributed by atoms with Crippen molar-refractivity contribution in [3.8, 4) is 0 Å². The maximum absolute atomic E-state index is 12.8. The van der Waals surface area contributed by atoms with Gasteiger partial charge in [-0.2, -0.15) is 0 Å². The van der Waals surface area contributed by atoms with Gasteiger partial charge in [0.15, 0.2) is 0 Å². The first kappa shape index (κ1) is 28.4. The van der Waals surface area contributed by atoms with E-state index < -0.39 is 5.97 Å². The van der Waals surface area contributed by atoms with Crippen LogP contribution in [0.15, 0.2) is 24.3 Å². The predicted octanol–water partition coefficient (Wildman–Crippen LogP) is 6.18. The molecule has 0 aliphatic carbocycles. The van der Waals surface area contributed by atoms with Crippen LogP contribution < -0.4 is 0 Å². The maximum atomic E-state index is 12.8. The zero-order chi connectivity index (χ0) is 25.1. The van der Waals surface area contributed by atoms with Crippen LogP contribution in [-0.4, -0.2) is 45.7 Å². The number of aliphatic carboxylic acids is 1. The van der Waals surface area contributed by atoms with E-state index in [9.17, 15) is 14.7 Å². The van der Waals surface area contributed by atoms with Gasteiger partial charge < -0.3 is 15.1 Å². The highest BCUT2D eigenvalue weighted by Crippen LogP contribution is 2.29. The number of aliphatic hydroxyl groups is 1. The van der Waals surface area contributed by atoms with Gasteiger partial charge in [-0.3, -0.25) is 9.59 Å². The molecular formula is C29H47NO4. The molecule has 192 valence electrons. The summed E-state index contributed by atoms with van der Waals surface area (Å²) in [6.45, 7) is 9.60. The van der Waals surface area contributed by atoms with E-state index in [1.54, 1.807) is 0 Å². The van der Waals surface area contributed by atoms with E-state index in [0.29, 0.717) is 30.6 Å². The van der Waals surface area contributed by atoms with E-state index in [-0.39, 0.29) is 24.5 Å². The van der Waals surface area contributed by atoms with Crippen molar-refractivity contribution in [1.29, 1.82) is 0 Å². The largest absolute Gasteiger partial charge is 0.481 e. The van der Waals surface area contributed by atoms with Crippen molar-refractivity contribution in [2.45, 2.75) is 116 Å². The first-order valence-electron chi connectivity index (χ1n) is 13.5. The summed E-state index contributed by atoms with van der Waals surface area (Å²) in [5.41, 5.74) is 2.50. The molecule has 5 nitrogen and oxygen atoms in total. The molecule has 1 aliphatic rings. The van der Waals surface area contributed by atoms with Crippen LogP contribution in [0.3, 0.4) is 0 Å². The number of likely N-dealkylation sites (tertiary alicyclic amines) is 1. The molecule has 0 aromatic heterocycles. The fourth-order valence-electron chi connectivity index (χ4n) is 5.21. The molecule has 0 bridgehead atoms. The average Bonchev–Trinajstić information content (AvgIpc) is 2.78. The average molecular weight is 474 g/mol. The highest BCUT2D eigenvalue weighted by atomic mass is 16.4. The number of carbonyl (C=O) groups excluding carboxylic acids is 1. The summed E-state index contributed by atoms with van der Waals surface area (Å²) in [4.78, 5) is 25.5. The summed E-state index contributed by atoms with van der Waals surface area (Å²) < 4.78 is 0. The zero-order valence-corrected chi connectivity index (χ0v) is 21.8. The second-order valence-electron chi connectivity index (χ2n) is 10.9. The van der Waals surface area contributed by atoms with Crippen molar-refractivity contribution < 1.29 is 19.8 Å². The van der Waals surface area contributed by atoms with Crippen molar-refractivity contribution in [3.05, 3.63) is 35.4 Å². The van der Waals surface area contributed by atoms with Gasteiger partial charge in [-0.1, -0.05) is 64.8 Å². The third kappa shape index (κ3) is 9.77. The predicted molar refractivity (Wildman–Crippen MR) is 138 cm³/mol. The Hall–Kier alpha value is -1.88. The molecule has 1 aliphatic heterocycles. The Kier molecular flexibility index (Phi) is 12.1. The van der Waals surface area contributed by atoms with Crippen LogP contribution >= 0.6 is 0 Å². The molecule has 0 radical (unpaired) electrons. The first-order valence-corrected chi connectivity index (χ1v) is 13.5. The van der Waals surface area contributed by atoms with Crippen molar-refractivity contribution in [3.63, 3.8) is 0 Å². The Balaban J connectivity index is 1.80. The van der Waals surface area contributed by atoms with Crippen LogP contribution in [0.1, 0.15) is 109 Å². The number of nitrogens with zero attached hydrogens (tertiary/aromatic N) is 1. The van der Waals surface area contributed by atoms with Gasteiger partial charge in [-0.25, -0.2) is 0 Å². The van der Waals surface area contributed by atoms with Crippen LogP contribution in [0.4, 0.5) is 0 Å². The second-order valence-corrected chi connectivity index (χ2v) is 10.9. The number of piperidine rings is 1. The number of benzene rings is 1. The Morgan fingerprint density at radius 3 is 2.38 bits per heavy atom. The van der Waals surface area contributed by atoms with Crippen LogP contribution in [0.25, 0.3) is 0 Å². The standard InChI is InChI=1S/C29H47NO4/c1-21(2)25-16-14-24(15-17-25)19-26(31)18-13-23(4)27-10-8-11-28(32)30(27)20-22(3)9-6-5-7-12-29(33)34/h14-17,21-23,26-27,31H,5-13,18-20H2,1-4H3,(H,33,34)/t22-,23+,26?,27-/m1/s1. The monoisotopic (exact) mass is 473 g/mol. The van der Waals surface area contributed by atoms with E-state index >= 15 is 0 Å². The lowest BCUT2D eigenvalue weighted by atomic mass is 9.86. The fourth-order valence-corrected chi connectivity index (χ4v) is 5.21. The first-order chi connectivity index (χ1) is 16.2. The van der Waals surface area contributed by atoms with Gasteiger partial charge in [0, 0.05) is 25.4 Å². The molecule has 5 heteroatoms. The smallest absolute Gasteiger partial charge is 0.303 e. The van der Waals surface area contributed by atoms with Crippen LogP contribution in [-0.2, 0) is 16.0 Å². The Morgan fingerprint density at radius 1 is 1.03 bits per heavy atom. The summed E-state index contributed by atoms with van der Waals surface area (Å²) >= 11 is 0. The van der Waals surface area contributed by atoms with Crippen molar-refractivity contribution in [2.24, 2.45) is 11.8 Å². The van der Waals surface area contributed by atoms with Gasteiger partial charge in [0.1, 0.15) is 0 Å². The van der Waals surface area contributed by atoms with E-state index in [2.05, 4.69) is 56.9 Å². The molecule has 1 aromatic rings. The van der Waals surface area contributed by atoms with E-state index in [1.165, 1.54) is 11.1 Å². The number of hydrogen-bond donors (Lipinski definition) is 2. The normalized spacial score (nSPS) is 19.3. The quantitative estimate of drug-likeness (QED) is 0.298. The van der Waals surface area contributed by atoms with Crippen LogP contribution in [0.2, 0.25) is 0 Å². The van der Waals surface area contributed by atoms with Crippen LogP contribution in [0.5, 0.6) is 0 Å². The SMILES string of the molecule is CC(C)c1ccc(CC(O)CC[C@H](C)[C@H]2CCCC(=O)N2C[C@H](C)CCCCCC(=O)O)cc1. The minimum atomic E-state index is -0.724. The molecule has 1 saturated heterocycles. The van der Waals surface area contributed by atoms with E-state index in [0.717, 1.165) is 57.9 Å². The number of hydrogen-bond acceptors (Lipinski definition) is 3. The molecule has 2 N–H and O–H groups in total. The summed E-state index contributed by atoms with van der Waals surface area (Å²) in [7, 11) is 0. The summed E-state index contributed by atoms with van der Waals surface area (Å²) in [5.74, 6) is 0.844. The van der Waals surface area contributed by atoms with Gasteiger partial charge in [-0.05, 0) is 73.8 Å².